The van der Waals surface area contributed by atoms with E-state index in [1.54, 1.807) is 20.8 Å². The lowest BCUT2D eigenvalue weighted by Crippen LogP contribution is -2.48. The van der Waals surface area contributed by atoms with E-state index in [4.69, 9.17) is 20.1 Å². The molecule has 0 saturated carbocycles. The number of carboxylic acid groups (broad SMARTS) is 1. The summed E-state index contributed by atoms with van der Waals surface area (Å²) in [4.78, 5) is 25.2. The molecule has 0 radical (unpaired) electrons. The molecule has 1 aliphatic rings. The monoisotopic (exact) mass is 300 g/mol. The summed E-state index contributed by atoms with van der Waals surface area (Å²) >= 11 is 0. The number of amides is 1. The van der Waals surface area contributed by atoms with Crippen molar-refractivity contribution in [1.29, 1.82) is 0 Å². The zero-order valence-electron chi connectivity index (χ0n) is 12.3. The van der Waals surface area contributed by atoms with Crippen molar-refractivity contribution in [3.05, 3.63) is 10.4 Å². The molecule has 1 amide bonds. The van der Waals surface area contributed by atoms with Gasteiger partial charge >= 0.3 is 12.1 Å². The maximum atomic E-state index is 11.6. The molecule has 0 aromatic rings. The number of alkyl carbamates (subject to hydrolysis) is 1. The molecule has 0 aromatic heterocycles. The van der Waals surface area contributed by atoms with E-state index in [2.05, 4.69) is 15.3 Å². The number of nitrogens with zero attached hydrogens (tertiary/aromatic N) is 3. The van der Waals surface area contributed by atoms with E-state index in [9.17, 15) is 9.59 Å². The number of rotatable bonds is 4. The standard InChI is InChI=1S/C12H20N4O5/c1-12(2,3)21-11(19)14-6-9-7(15-16-13)4-5-8(20-9)10(17)18/h7-9H,4-6H2,1-3H3,(H,14,19)(H,17,18)/t7-,8+,9-/m1/s1. The molecule has 0 aliphatic carbocycles. The molecular formula is C12H20N4O5. The van der Waals surface area contributed by atoms with E-state index in [0.717, 1.165) is 0 Å². The van der Waals surface area contributed by atoms with Gasteiger partial charge < -0.3 is 19.9 Å². The summed E-state index contributed by atoms with van der Waals surface area (Å²) in [6, 6.07) is -0.513. The summed E-state index contributed by atoms with van der Waals surface area (Å²) in [5.41, 5.74) is 7.88. The van der Waals surface area contributed by atoms with Crippen molar-refractivity contribution >= 4 is 12.1 Å². The summed E-state index contributed by atoms with van der Waals surface area (Å²) in [6.45, 7) is 5.20. The maximum absolute atomic E-state index is 11.6. The fraction of sp³-hybridized carbons (Fsp3) is 0.833. The average Bonchev–Trinajstić information content (AvgIpc) is 2.35. The zero-order chi connectivity index (χ0) is 16.0. The van der Waals surface area contributed by atoms with Crippen LogP contribution in [-0.4, -0.2) is 47.6 Å². The summed E-state index contributed by atoms with van der Waals surface area (Å²) in [7, 11) is 0. The second-order valence-corrected chi connectivity index (χ2v) is 5.73. The number of nitrogens with one attached hydrogen (secondary N) is 1. The molecule has 1 saturated heterocycles. The van der Waals surface area contributed by atoms with Crippen LogP contribution in [0.25, 0.3) is 10.4 Å². The van der Waals surface area contributed by atoms with Crippen molar-refractivity contribution in [3.8, 4) is 0 Å². The van der Waals surface area contributed by atoms with Gasteiger partial charge in [0.15, 0.2) is 6.10 Å². The summed E-state index contributed by atoms with van der Waals surface area (Å²) in [5, 5.41) is 15.0. The molecule has 0 bridgehead atoms. The van der Waals surface area contributed by atoms with Crippen LogP contribution >= 0.6 is 0 Å². The van der Waals surface area contributed by atoms with Crippen molar-refractivity contribution in [2.24, 2.45) is 5.11 Å². The van der Waals surface area contributed by atoms with Gasteiger partial charge in [-0.3, -0.25) is 0 Å². The van der Waals surface area contributed by atoms with Gasteiger partial charge in [-0.25, -0.2) is 9.59 Å². The van der Waals surface area contributed by atoms with E-state index in [1.165, 1.54) is 0 Å². The quantitative estimate of drug-likeness (QED) is 0.464. The highest BCUT2D eigenvalue weighted by Gasteiger charge is 2.34. The third kappa shape index (κ3) is 5.88. The minimum Gasteiger partial charge on any atom is -0.479 e. The van der Waals surface area contributed by atoms with Crippen LogP contribution in [-0.2, 0) is 14.3 Å². The van der Waals surface area contributed by atoms with E-state index in [0.29, 0.717) is 6.42 Å². The van der Waals surface area contributed by atoms with Gasteiger partial charge in [0.05, 0.1) is 12.1 Å². The normalized spacial score (nSPS) is 25.6. The minimum absolute atomic E-state index is 0.0162. The number of hydrogen-bond acceptors (Lipinski definition) is 5. The SMILES string of the molecule is CC(C)(C)OC(=O)NC[C@H]1O[C@H](C(=O)O)CC[C@H]1N=[N+]=[N-]. The van der Waals surface area contributed by atoms with Gasteiger partial charge in [0.2, 0.25) is 0 Å². The lowest BCUT2D eigenvalue weighted by atomic mass is 9.99. The molecule has 2 N–H and O–H groups in total. The second kappa shape index (κ2) is 7.14. The average molecular weight is 300 g/mol. The van der Waals surface area contributed by atoms with Crippen molar-refractivity contribution in [1.82, 2.24) is 5.32 Å². The van der Waals surface area contributed by atoms with Crippen molar-refractivity contribution < 1.29 is 24.2 Å². The Labute approximate surface area is 122 Å². The molecule has 0 aromatic carbocycles. The van der Waals surface area contributed by atoms with Crippen LogP contribution in [0.5, 0.6) is 0 Å². The number of carboxylic acids is 1. The van der Waals surface area contributed by atoms with Gasteiger partial charge in [0.25, 0.3) is 0 Å². The van der Waals surface area contributed by atoms with Gasteiger partial charge in [-0.1, -0.05) is 5.11 Å². The van der Waals surface area contributed by atoms with E-state index < -0.39 is 35.9 Å². The van der Waals surface area contributed by atoms with E-state index in [1.807, 2.05) is 0 Å². The first kappa shape index (κ1) is 17.1. The first-order valence-electron chi connectivity index (χ1n) is 6.62. The summed E-state index contributed by atoms with van der Waals surface area (Å²) in [6.07, 6.45) is -1.63. The molecular weight excluding hydrogens is 280 g/mol. The van der Waals surface area contributed by atoms with Crippen molar-refractivity contribution in [2.45, 2.75) is 57.5 Å². The highest BCUT2D eigenvalue weighted by Crippen LogP contribution is 2.22. The molecule has 1 heterocycles. The molecule has 3 atom stereocenters. The second-order valence-electron chi connectivity index (χ2n) is 5.73. The number of carbonyl (C=O) groups excluding carboxylic acids is 1. The van der Waals surface area contributed by atoms with Crippen LogP contribution in [0.2, 0.25) is 0 Å². The lowest BCUT2D eigenvalue weighted by molar-refractivity contribution is -0.159. The number of hydrogen-bond donors (Lipinski definition) is 2. The van der Waals surface area contributed by atoms with Crippen molar-refractivity contribution in [3.63, 3.8) is 0 Å². The van der Waals surface area contributed by atoms with Crippen LogP contribution in [0.4, 0.5) is 4.79 Å². The van der Waals surface area contributed by atoms with Gasteiger partial charge in [-0.15, -0.1) is 0 Å². The van der Waals surface area contributed by atoms with Gasteiger partial charge in [-0.2, -0.15) is 0 Å². The molecule has 1 rings (SSSR count). The molecule has 21 heavy (non-hydrogen) atoms. The zero-order valence-corrected chi connectivity index (χ0v) is 12.3. The fourth-order valence-electron chi connectivity index (χ4n) is 1.94. The molecule has 9 heteroatoms. The van der Waals surface area contributed by atoms with E-state index >= 15 is 0 Å². The third-order valence-electron chi connectivity index (χ3n) is 2.81. The van der Waals surface area contributed by atoms with Crippen LogP contribution in [0, 0.1) is 0 Å². The Balaban J connectivity index is 2.60. The molecule has 1 aliphatic heterocycles. The van der Waals surface area contributed by atoms with Crippen molar-refractivity contribution in [2.75, 3.05) is 6.54 Å². The highest BCUT2D eigenvalue weighted by atomic mass is 16.6. The smallest absolute Gasteiger partial charge is 0.407 e. The first-order valence-corrected chi connectivity index (χ1v) is 6.62. The Morgan fingerprint density at radius 3 is 2.67 bits per heavy atom. The molecule has 0 unspecified atom stereocenters. The number of ether oxygens (including phenoxy) is 2. The summed E-state index contributed by atoms with van der Waals surface area (Å²) in [5.74, 6) is -1.07. The predicted molar refractivity (Wildman–Crippen MR) is 72.7 cm³/mol. The predicted octanol–water partition coefficient (Wildman–Crippen LogP) is 1.82. The maximum Gasteiger partial charge on any atom is 0.407 e. The highest BCUT2D eigenvalue weighted by molar-refractivity contribution is 5.72. The number of azide groups is 1. The van der Waals surface area contributed by atoms with Crippen LogP contribution in [0.3, 0.4) is 0 Å². The largest absolute Gasteiger partial charge is 0.479 e. The molecule has 9 nitrogen and oxygen atoms in total. The van der Waals surface area contributed by atoms with Gasteiger partial charge in [-0.05, 0) is 39.1 Å². The summed E-state index contributed by atoms with van der Waals surface area (Å²) < 4.78 is 10.4. The third-order valence-corrected chi connectivity index (χ3v) is 2.81. The fourth-order valence-corrected chi connectivity index (χ4v) is 1.94. The van der Waals surface area contributed by atoms with Gasteiger partial charge in [0, 0.05) is 11.5 Å². The van der Waals surface area contributed by atoms with Crippen LogP contribution in [0.15, 0.2) is 5.11 Å². The molecule has 0 spiro atoms. The Morgan fingerprint density at radius 1 is 1.48 bits per heavy atom. The number of carbonyl (C=O) groups is 2. The topological polar surface area (TPSA) is 134 Å². The number of aliphatic carboxylic acids is 1. The van der Waals surface area contributed by atoms with Gasteiger partial charge in [0.1, 0.15) is 5.60 Å². The first-order chi connectivity index (χ1) is 9.73. The Kier molecular flexibility index (Phi) is 5.80. The Hall–Kier alpha value is -1.99. The lowest BCUT2D eigenvalue weighted by Gasteiger charge is -2.32. The minimum atomic E-state index is -1.07. The molecule has 1 fully saturated rings. The van der Waals surface area contributed by atoms with Crippen LogP contribution in [0.1, 0.15) is 33.6 Å². The molecule has 118 valence electrons. The van der Waals surface area contributed by atoms with E-state index in [-0.39, 0.29) is 13.0 Å². The Bertz CT molecular complexity index is 441. The Morgan fingerprint density at radius 2 is 2.14 bits per heavy atom. The van der Waals surface area contributed by atoms with Crippen LogP contribution < -0.4 is 5.32 Å².